The quantitative estimate of drug-likeness (QED) is 0.758. The van der Waals surface area contributed by atoms with Crippen molar-refractivity contribution < 1.29 is 9.18 Å². The molecule has 3 nitrogen and oxygen atoms in total. The number of unbranched alkanes of at least 4 members (excludes halogenated alkanes) is 1. The molecular formula is C15H16ClFN2O. The van der Waals surface area contributed by atoms with Crippen LogP contribution in [0.25, 0.3) is 0 Å². The van der Waals surface area contributed by atoms with Gasteiger partial charge in [0, 0.05) is 17.0 Å². The second kappa shape index (κ2) is 6.66. The van der Waals surface area contributed by atoms with Gasteiger partial charge in [-0.2, -0.15) is 0 Å². The molecule has 5 heteroatoms. The molecule has 2 rings (SSSR count). The van der Waals surface area contributed by atoms with Gasteiger partial charge < -0.3 is 4.57 Å². The molecule has 1 heterocycles. The summed E-state index contributed by atoms with van der Waals surface area (Å²) >= 11 is 6.04. The first-order valence-electron chi connectivity index (χ1n) is 6.59. The first kappa shape index (κ1) is 14.7. The van der Waals surface area contributed by atoms with Gasteiger partial charge in [0.05, 0.1) is 12.7 Å². The summed E-state index contributed by atoms with van der Waals surface area (Å²) in [4.78, 5) is 15.3. The van der Waals surface area contributed by atoms with Gasteiger partial charge in [0.1, 0.15) is 17.3 Å². The molecule has 20 heavy (non-hydrogen) atoms. The van der Waals surface area contributed by atoms with Crippen LogP contribution in [0.5, 0.6) is 0 Å². The first-order valence-corrected chi connectivity index (χ1v) is 6.97. The van der Waals surface area contributed by atoms with Gasteiger partial charge in [-0.25, -0.2) is 9.37 Å². The number of carbonyl (C=O) groups excluding carboxylic acids is 1. The molecule has 0 aliphatic carbocycles. The maximum absolute atomic E-state index is 13.9. The summed E-state index contributed by atoms with van der Waals surface area (Å²) in [6, 6.07) is 4.57. The van der Waals surface area contributed by atoms with E-state index in [-0.39, 0.29) is 12.4 Å². The molecule has 0 spiro atoms. The molecule has 106 valence electrons. The molecule has 2 aromatic rings. The molecule has 0 aliphatic rings. The predicted molar refractivity (Wildman–Crippen MR) is 76.7 cm³/mol. The number of hydrogen-bond acceptors (Lipinski definition) is 2. The van der Waals surface area contributed by atoms with E-state index in [1.54, 1.807) is 16.7 Å². The number of aromatic nitrogens is 2. The van der Waals surface area contributed by atoms with Crippen LogP contribution in [0.15, 0.2) is 24.4 Å². The predicted octanol–water partition coefficient (Wildman–Crippen LogP) is 3.88. The molecule has 0 saturated carbocycles. The van der Waals surface area contributed by atoms with E-state index in [0.717, 1.165) is 31.4 Å². The largest absolute Gasteiger partial charge is 0.321 e. The van der Waals surface area contributed by atoms with Crippen LogP contribution in [0.1, 0.15) is 41.6 Å². The third kappa shape index (κ3) is 3.07. The van der Waals surface area contributed by atoms with Crippen LogP contribution >= 0.6 is 11.6 Å². The summed E-state index contributed by atoms with van der Waals surface area (Å²) in [7, 11) is 0. The summed E-state index contributed by atoms with van der Waals surface area (Å²) < 4.78 is 15.6. The van der Waals surface area contributed by atoms with Crippen molar-refractivity contribution in [3.05, 3.63) is 52.3 Å². The number of halogens is 2. The number of imidazole rings is 1. The van der Waals surface area contributed by atoms with Gasteiger partial charge in [-0.3, -0.25) is 4.79 Å². The zero-order chi connectivity index (χ0) is 14.5. The first-order chi connectivity index (χ1) is 9.67. The highest BCUT2D eigenvalue weighted by molar-refractivity contribution is 6.31. The number of benzene rings is 1. The van der Waals surface area contributed by atoms with Crippen LogP contribution in [0.4, 0.5) is 4.39 Å². The van der Waals surface area contributed by atoms with Crippen LogP contribution in [0.3, 0.4) is 0 Å². The van der Waals surface area contributed by atoms with Gasteiger partial charge in [-0.05, 0) is 18.6 Å². The Labute approximate surface area is 122 Å². The molecule has 0 saturated heterocycles. The topological polar surface area (TPSA) is 34.9 Å². The van der Waals surface area contributed by atoms with E-state index >= 15 is 0 Å². The molecule has 0 N–H and O–H groups in total. The lowest BCUT2D eigenvalue weighted by Crippen LogP contribution is -2.10. The second-order valence-electron chi connectivity index (χ2n) is 4.61. The average molecular weight is 295 g/mol. The Morgan fingerprint density at radius 2 is 2.25 bits per heavy atom. The monoisotopic (exact) mass is 294 g/mol. The molecule has 0 amide bonds. The zero-order valence-corrected chi connectivity index (χ0v) is 12.0. The minimum absolute atomic E-state index is 0.221. The molecule has 0 unspecified atom stereocenters. The minimum Gasteiger partial charge on any atom is -0.321 e. The molecule has 0 aliphatic heterocycles. The minimum atomic E-state index is -0.371. The highest BCUT2D eigenvalue weighted by Crippen LogP contribution is 2.21. The van der Waals surface area contributed by atoms with Crippen molar-refractivity contribution in [3.63, 3.8) is 0 Å². The third-order valence-electron chi connectivity index (χ3n) is 3.22. The number of rotatable bonds is 6. The molecule has 0 bridgehead atoms. The zero-order valence-electron chi connectivity index (χ0n) is 11.3. The van der Waals surface area contributed by atoms with Gasteiger partial charge in [-0.1, -0.05) is 31.0 Å². The van der Waals surface area contributed by atoms with E-state index in [2.05, 4.69) is 11.9 Å². The van der Waals surface area contributed by atoms with Crippen molar-refractivity contribution in [1.82, 2.24) is 9.55 Å². The standard InChI is InChI=1S/C15H16ClFN2O/c1-2-3-7-15-18-8-11(10-20)19(15)9-12-13(16)5-4-6-14(12)17/h4-6,8,10H,2-3,7,9H2,1H3. The lowest BCUT2D eigenvalue weighted by atomic mass is 10.2. The number of aldehydes is 1. The summed E-state index contributed by atoms with van der Waals surface area (Å²) in [5.41, 5.74) is 0.823. The Bertz CT molecular complexity index is 590. The van der Waals surface area contributed by atoms with Gasteiger partial charge in [-0.15, -0.1) is 0 Å². The Morgan fingerprint density at radius 1 is 1.45 bits per heavy atom. The van der Waals surface area contributed by atoms with Gasteiger partial charge in [0.25, 0.3) is 0 Å². The smallest absolute Gasteiger partial charge is 0.168 e. The Hall–Kier alpha value is -1.68. The summed E-state index contributed by atoms with van der Waals surface area (Å²) in [5, 5.41) is 0.358. The molecule has 0 atom stereocenters. The Balaban J connectivity index is 2.36. The fourth-order valence-corrected chi connectivity index (χ4v) is 2.30. The van der Waals surface area contributed by atoms with E-state index in [1.165, 1.54) is 12.3 Å². The van der Waals surface area contributed by atoms with E-state index < -0.39 is 0 Å². The molecule has 1 aromatic carbocycles. The summed E-state index contributed by atoms with van der Waals surface area (Å²) in [6.07, 6.45) is 5.02. The normalized spacial score (nSPS) is 10.8. The van der Waals surface area contributed by atoms with Crippen LogP contribution in [-0.2, 0) is 13.0 Å². The van der Waals surface area contributed by atoms with Crippen molar-refractivity contribution >= 4 is 17.9 Å². The molecule has 0 fully saturated rings. The van der Waals surface area contributed by atoms with Crippen LogP contribution in [-0.4, -0.2) is 15.8 Å². The number of hydrogen-bond donors (Lipinski definition) is 0. The Morgan fingerprint density at radius 3 is 2.90 bits per heavy atom. The van der Waals surface area contributed by atoms with Crippen molar-refractivity contribution in [1.29, 1.82) is 0 Å². The van der Waals surface area contributed by atoms with Crippen LogP contribution in [0.2, 0.25) is 5.02 Å². The number of nitrogens with zero attached hydrogens (tertiary/aromatic N) is 2. The van der Waals surface area contributed by atoms with Crippen LogP contribution < -0.4 is 0 Å². The Kier molecular flexibility index (Phi) is 4.90. The second-order valence-corrected chi connectivity index (χ2v) is 5.01. The SMILES string of the molecule is CCCCc1ncc(C=O)n1Cc1c(F)cccc1Cl. The number of carbonyl (C=O) groups is 1. The number of aryl methyl sites for hydroxylation is 1. The van der Waals surface area contributed by atoms with E-state index in [1.807, 2.05) is 0 Å². The van der Waals surface area contributed by atoms with Gasteiger partial charge >= 0.3 is 0 Å². The van der Waals surface area contributed by atoms with Crippen molar-refractivity contribution in [2.24, 2.45) is 0 Å². The maximum Gasteiger partial charge on any atom is 0.168 e. The molecule has 1 aromatic heterocycles. The third-order valence-corrected chi connectivity index (χ3v) is 3.58. The summed E-state index contributed by atoms with van der Waals surface area (Å²) in [6.45, 7) is 2.31. The van der Waals surface area contributed by atoms with E-state index in [0.29, 0.717) is 16.3 Å². The highest BCUT2D eigenvalue weighted by Gasteiger charge is 2.13. The van der Waals surface area contributed by atoms with Crippen molar-refractivity contribution in [2.75, 3.05) is 0 Å². The average Bonchev–Trinajstić information content (AvgIpc) is 2.82. The van der Waals surface area contributed by atoms with Crippen molar-refractivity contribution in [2.45, 2.75) is 32.7 Å². The van der Waals surface area contributed by atoms with Gasteiger partial charge in [0.15, 0.2) is 6.29 Å². The maximum atomic E-state index is 13.9. The van der Waals surface area contributed by atoms with Crippen molar-refractivity contribution in [3.8, 4) is 0 Å². The highest BCUT2D eigenvalue weighted by atomic mass is 35.5. The fourth-order valence-electron chi connectivity index (χ4n) is 2.08. The van der Waals surface area contributed by atoms with E-state index in [9.17, 15) is 9.18 Å². The fraction of sp³-hybridized carbons (Fsp3) is 0.333. The van der Waals surface area contributed by atoms with Gasteiger partial charge in [0.2, 0.25) is 0 Å². The summed E-state index contributed by atoms with van der Waals surface area (Å²) in [5.74, 6) is 0.415. The molecular weight excluding hydrogens is 279 g/mol. The lowest BCUT2D eigenvalue weighted by Gasteiger charge is -2.11. The van der Waals surface area contributed by atoms with E-state index in [4.69, 9.17) is 11.6 Å². The van der Waals surface area contributed by atoms with Crippen LogP contribution in [0, 0.1) is 5.82 Å². The molecule has 0 radical (unpaired) electrons. The lowest BCUT2D eigenvalue weighted by molar-refractivity contribution is 0.111.